The normalized spacial score (nSPS) is 15.3. The second kappa shape index (κ2) is 19.9. The van der Waals surface area contributed by atoms with Crippen molar-refractivity contribution in [2.24, 2.45) is 0 Å². The number of methoxy groups -OCH3 is 2. The smallest absolute Gasteiger partial charge is 0.344 e. The number of hydrogen-bond donors (Lipinski definition) is 1. The van der Waals surface area contributed by atoms with Gasteiger partial charge in [-0.15, -0.1) is 22.7 Å². The summed E-state index contributed by atoms with van der Waals surface area (Å²) in [7, 11) is 3.24. The van der Waals surface area contributed by atoms with E-state index in [1.165, 1.54) is 43.4 Å². The lowest BCUT2D eigenvalue weighted by Crippen LogP contribution is -2.35. The maximum atomic E-state index is 12.8. The molecule has 6 rings (SSSR count). The minimum absolute atomic E-state index is 0.0440. The molecule has 2 aliphatic heterocycles. The standard InChI is InChI=1S/C21H23NO5S.C19H21NO4S.C4H6O3/c1-6-16-18(22-19(28-16)13-7-9-14(25-5)10-8-13)17-15(26-12(2)23)11-21(3,4)27-20(17)24;1-5-14-16(15-13(21)10-19(2,3)24-18(15)22)20-17(25-14)11-6-8-12(23-4)9-7-11;1-3(5)7-4(2)6/h7-10H,6,11H2,1-5H3;6-9,21H,5,10H2,1-4H3;1-2H3. The molecule has 0 atom stereocenters. The van der Waals surface area contributed by atoms with E-state index in [4.69, 9.17) is 28.7 Å². The lowest BCUT2D eigenvalue weighted by Gasteiger charge is -2.31. The first-order valence-electron chi connectivity index (χ1n) is 19.0. The zero-order chi connectivity index (χ0) is 44.5. The molecule has 320 valence electrons. The Morgan fingerprint density at radius 1 is 0.667 bits per heavy atom. The van der Waals surface area contributed by atoms with Crippen LogP contribution in [0.25, 0.3) is 32.3 Å². The Balaban J connectivity index is 0.000000230. The molecule has 2 aliphatic rings. The van der Waals surface area contributed by atoms with Crippen molar-refractivity contribution in [1.29, 1.82) is 0 Å². The first-order valence-corrected chi connectivity index (χ1v) is 20.6. The molecule has 0 radical (unpaired) electrons. The van der Waals surface area contributed by atoms with Crippen molar-refractivity contribution >= 4 is 63.7 Å². The molecule has 0 fully saturated rings. The summed E-state index contributed by atoms with van der Waals surface area (Å²) in [5, 5.41) is 12.0. The Morgan fingerprint density at radius 2 is 1.07 bits per heavy atom. The van der Waals surface area contributed by atoms with Crippen molar-refractivity contribution in [1.82, 2.24) is 9.97 Å². The quantitative estimate of drug-likeness (QED) is 0.0955. The summed E-state index contributed by atoms with van der Waals surface area (Å²) in [6.07, 6.45) is 2.01. The highest BCUT2D eigenvalue weighted by Gasteiger charge is 2.39. The molecule has 16 heteroatoms. The Kier molecular flexibility index (Phi) is 15.5. The van der Waals surface area contributed by atoms with Crippen LogP contribution in [-0.4, -0.2) is 70.3 Å². The fourth-order valence-electron chi connectivity index (χ4n) is 6.09. The van der Waals surface area contributed by atoms with Gasteiger partial charge >= 0.3 is 29.8 Å². The fourth-order valence-corrected chi connectivity index (χ4v) is 8.11. The lowest BCUT2D eigenvalue weighted by atomic mass is 9.95. The highest BCUT2D eigenvalue weighted by Crippen LogP contribution is 2.41. The number of carbonyl (C=O) groups excluding carboxylic acids is 5. The molecule has 0 aliphatic carbocycles. The number of hydrogen-bond acceptors (Lipinski definition) is 16. The molecular weight excluding hydrogens is 813 g/mol. The van der Waals surface area contributed by atoms with E-state index in [0.29, 0.717) is 30.0 Å². The van der Waals surface area contributed by atoms with Gasteiger partial charge in [0.05, 0.1) is 25.6 Å². The van der Waals surface area contributed by atoms with E-state index in [0.717, 1.165) is 48.8 Å². The van der Waals surface area contributed by atoms with Crippen LogP contribution in [0.3, 0.4) is 0 Å². The average molecular weight is 863 g/mol. The van der Waals surface area contributed by atoms with E-state index >= 15 is 0 Å². The van der Waals surface area contributed by atoms with Gasteiger partial charge in [-0.2, -0.15) is 0 Å². The average Bonchev–Trinajstić information content (AvgIpc) is 3.78. The molecule has 1 N–H and O–H groups in total. The van der Waals surface area contributed by atoms with E-state index in [9.17, 15) is 29.1 Å². The number of aryl methyl sites for hydroxylation is 2. The van der Waals surface area contributed by atoms with Gasteiger partial charge in [0.15, 0.2) is 0 Å². The van der Waals surface area contributed by atoms with Crippen LogP contribution in [0.1, 0.15) is 96.3 Å². The number of ether oxygens (including phenoxy) is 6. The Hall–Kier alpha value is -5.87. The van der Waals surface area contributed by atoms with E-state index in [1.54, 1.807) is 41.9 Å². The van der Waals surface area contributed by atoms with Gasteiger partial charge < -0.3 is 33.5 Å². The number of thiazole rings is 2. The van der Waals surface area contributed by atoms with Crippen LogP contribution in [0.5, 0.6) is 11.5 Å². The number of nitrogens with zero attached hydrogens (tertiary/aromatic N) is 2. The van der Waals surface area contributed by atoms with Gasteiger partial charge in [0, 0.05) is 54.5 Å². The maximum absolute atomic E-state index is 12.8. The molecule has 0 saturated heterocycles. The lowest BCUT2D eigenvalue weighted by molar-refractivity contribution is -0.157. The van der Waals surface area contributed by atoms with Gasteiger partial charge in [0.2, 0.25) is 0 Å². The van der Waals surface area contributed by atoms with E-state index in [1.807, 2.05) is 62.4 Å². The van der Waals surface area contributed by atoms with Crippen LogP contribution in [0, 0.1) is 0 Å². The molecular formula is C44H50N2O12S2. The number of rotatable bonds is 9. The molecule has 14 nitrogen and oxygen atoms in total. The Morgan fingerprint density at radius 3 is 1.42 bits per heavy atom. The van der Waals surface area contributed by atoms with Gasteiger partial charge in [-0.05, 0) is 89.1 Å². The van der Waals surface area contributed by atoms with Crippen molar-refractivity contribution in [3.05, 3.63) is 81.2 Å². The van der Waals surface area contributed by atoms with Gasteiger partial charge in [-0.1, -0.05) is 13.8 Å². The monoisotopic (exact) mass is 862 g/mol. The summed E-state index contributed by atoms with van der Waals surface area (Å²) in [6.45, 7) is 14.8. The first-order chi connectivity index (χ1) is 28.2. The van der Waals surface area contributed by atoms with Crippen LogP contribution in [-0.2, 0) is 55.8 Å². The molecule has 60 heavy (non-hydrogen) atoms. The van der Waals surface area contributed by atoms with Crippen LogP contribution < -0.4 is 9.47 Å². The molecule has 0 saturated carbocycles. The summed E-state index contributed by atoms with van der Waals surface area (Å²) < 4.78 is 30.8. The van der Waals surface area contributed by atoms with Crippen LogP contribution >= 0.6 is 22.7 Å². The van der Waals surface area contributed by atoms with Gasteiger partial charge in [0.1, 0.15) is 55.4 Å². The zero-order valence-electron chi connectivity index (χ0n) is 35.6. The predicted molar refractivity (Wildman–Crippen MR) is 227 cm³/mol. The summed E-state index contributed by atoms with van der Waals surface area (Å²) in [5.41, 5.74) is 1.89. The van der Waals surface area contributed by atoms with E-state index < -0.39 is 41.0 Å². The second-order valence-corrected chi connectivity index (χ2v) is 16.9. The van der Waals surface area contributed by atoms with Crippen molar-refractivity contribution < 1.29 is 57.5 Å². The van der Waals surface area contributed by atoms with Crippen LogP contribution in [0.2, 0.25) is 0 Å². The zero-order valence-corrected chi connectivity index (χ0v) is 37.2. The highest BCUT2D eigenvalue weighted by molar-refractivity contribution is 7.15. The number of aliphatic hydroxyl groups is 1. The summed E-state index contributed by atoms with van der Waals surface area (Å²) in [6, 6.07) is 15.2. The Bertz CT molecular complexity index is 2290. The summed E-state index contributed by atoms with van der Waals surface area (Å²) in [4.78, 5) is 67.7. The Labute approximate surface area is 357 Å². The molecule has 0 spiro atoms. The minimum Gasteiger partial charge on any atom is -0.511 e. The number of aliphatic hydroxyl groups excluding tert-OH is 1. The second-order valence-electron chi connectivity index (χ2n) is 14.7. The number of esters is 5. The third kappa shape index (κ3) is 12.1. The SMILES string of the molecule is CC(=O)OC(C)=O.CCc1sc(-c2ccc(OC)cc2)nc1C1=C(O)CC(C)(C)OC1=O.CCc1sc(-c2ccc(OC)cc2)nc1C1=C(OC(C)=O)CC(C)(C)OC1=O. The largest absolute Gasteiger partial charge is 0.511 e. The van der Waals surface area contributed by atoms with Gasteiger partial charge in [0.25, 0.3) is 0 Å². The first kappa shape index (κ1) is 46.8. The third-order valence-corrected chi connectivity index (χ3v) is 11.1. The van der Waals surface area contributed by atoms with Crippen molar-refractivity contribution in [2.75, 3.05) is 14.2 Å². The molecule has 2 aromatic heterocycles. The number of benzene rings is 2. The number of cyclic esters (lactones) is 2. The topological polar surface area (TPSA) is 187 Å². The molecule has 0 unspecified atom stereocenters. The number of aromatic nitrogens is 2. The summed E-state index contributed by atoms with van der Waals surface area (Å²) in [5.74, 6) is -0.744. The molecule has 0 bridgehead atoms. The van der Waals surface area contributed by atoms with Crippen molar-refractivity contribution in [2.45, 2.75) is 99.2 Å². The van der Waals surface area contributed by atoms with E-state index in [2.05, 4.69) is 9.72 Å². The molecule has 4 heterocycles. The fraction of sp³-hybridized carbons (Fsp3) is 0.386. The minimum atomic E-state index is -0.743. The summed E-state index contributed by atoms with van der Waals surface area (Å²) >= 11 is 3.03. The third-order valence-electron chi connectivity index (χ3n) is 8.63. The maximum Gasteiger partial charge on any atom is 0.344 e. The molecule has 2 aromatic carbocycles. The van der Waals surface area contributed by atoms with Crippen LogP contribution in [0.15, 0.2) is 60.0 Å². The molecule has 0 amide bonds. The predicted octanol–water partition coefficient (Wildman–Crippen LogP) is 8.85. The molecule has 4 aromatic rings. The highest BCUT2D eigenvalue weighted by atomic mass is 32.1. The van der Waals surface area contributed by atoms with E-state index in [-0.39, 0.29) is 23.3 Å². The number of carbonyl (C=O) groups is 5. The van der Waals surface area contributed by atoms with Gasteiger partial charge in [-0.25, -0.2) is 19.6 Å². The van der Waals surface area contributed by atoms with Crippen LogP contribution in [0.4, 0.5) is 0 Å². The van der Waals surface area contributed by atoms with Gasteiger partial charge in [-0.3, -0.25) is 14.4 Å². The van der Waals surface area contributed by atoms with Crippen molar-refractivity contribution in [3.63, 3.8) is 0 Å². The van der Waals surface area contributed by atoms with Crippen molar-refractivity contribution in [3.8, 4) is 32.6 Å².